The molecule has 0 N–H and O–H groups in total. The number of terminal acetylenes is 1. The summed E-state index contributed by atoms with van der Waals surface area (Å²) < 4.78 is 14.2. The van der Waals surface area contributed by atoms with Gasteiger partial charge in [-0.1, -0.05) is 28.8 Å². The van der Waals surface area contributed by atoms with Gasteiger partial charge in [-0.3, -0.25) is 4.79 Å². The summed E-state index contributed by atoms with van der Waals surface area (Å²) in [5.41, 5.74) is 0.0527. The first kappa shape index (κ1) is 13.7. The highest BCUT2D eigenvalue weighted by Crippen LogP contribution is 2.17. The third-order valence-electron chi connectivity index (χ3n) is 2.22. The molecule has 0 fully saturated rings. The van der Waals surface area contributed by atoms with Gasteiger partial charge in [-0.15, -0.1) is 6.42 Å². The van der Waals surface area contributed by atoms with Crippen LogP contribution in [-0.4, -0.2) is 23.9 Å². The Bertz CT molecular complexity index is 453. The molecule has 0 aliphatic rings. The van der Waals surface area contributed by atoms with E-state index in [0.717, 1.165) is 6.42 Å². The molecule has 0 saturated carbocycles. The van der Waals surface area contributed by atoms with E-state index in [-0.39, 0.29) is 18.0 Å². The van der Waals surface area contributed by atoms with E-state index in [1.165, 1.54) is 17.0 Å². The second-order valence-electron chi connectivity index (χ2n) is 3.56. The van der Waals surface area contributed by atoms with E-state index >= 15 is 0 Å². The molecule has 0 aromatic heterocycles. The summed E-state index contributed by atoms with van der Waals surface area (Å²) >= 11 is 3.15. The Morgan fingerprint density at radius 1 is 1.59 bits per heavy atom. The summed E-state index contributed by atoms with van der Waals surface area (Å²) in [5, 5.41) is 0. The Morgan fingerprint density at radius 2 is 2.29 bits per heavy atom. The largest absolute Gasteiger partial charge is 0.327 e. The number of nitrogens with zero attached hydrogens (tertiary/aromatic N) is 1. The van der Waals surface area contributed by atoms with Crippen molar-refractivity contribution in [1.82, 2.24) is 4.90 Å². The predicted molar refractivity (Wildman–Crippen MR) is 69.1 cm³/mol. The Balaban J connectivity index is 2.97. The summed E-state index contributed by atoms with van der Waals surface area (Å²) in [6.45, 7) is 2.66. The molecule has 0 aliphatic carbocycles. The molecule has 0 unspecified atom stereocenters. The van der Waals surface area contributed by atoms with Gasteiger partial charge in [-0.2, -0.15) is 0 Å². The molecule has 90 valence electrons. The average Bonchev–Trinajstić information content (AvgIpc) is 2.28. The Labute approximate surface area is 109 Å². The van der Waals surface area contributed by atoms with Crippen molar-refractivity contribution < 1.29 is 9.18 Å². The van der Waals surface area contributed by atoms with Crippen molar-refractivity contribution in [3.05, 3.63) is 34.1 Å². The van der Waals surface area contributed by atoms with Crippen molar-refractivity contribution in [2.75, 3.05) is 13.1 Å². The van der Waals surface area contributed by atoms with E-state index in [9.17, 15) is 9.18 Å². The molecule has 0 bridgehead atoms. The molecule has 1 amide bonds. The average molecular weight is 298 g/mol. The van der Waals surface area contributed by atoms with Crippen molar-refractivity contribution in [1.29, 1.82) is 0 Å². The van der Waals surface area contributed by atoms with Crippen LogP contribution < -0.4 is 0 Å². The van der Waals surface area contributed by atoms with Crippen molar-refractivity contribution in [2.45, 2.75) is 13.3 Å². The molecule has 0 spiro atoms. The van der Waals surface area contributed by atoms with Gasteiger partial charge >= 0.3 is 0 Å². The second kappa shape index (κ2) is 6.41. The van der Waals surface area contributed by atoms with Crippen molar-refractivity contribution in [2.24, 2.45) is 0 Å². The minimum absolute atomic E-state index is 0.0527. The lowest BCUT2D eigenvalue weighted by Crippen LogP contribution is -2.32. The minimum atomic E-state index is -0.539. The molecule has 0 atom stereocenters. The van der Waals surface area contributed by atoms with E-state index < -0.39 is 5.82 Å². The summed E-state index contributed by atoms with van der Waals surface area (Å²) in [7, 11) is 0. The quantitative estimate of drug-likeness (QED) is 0.782. The fraction of sp³-hybridized carbons (Fsp3) is 0.308. The zero-order valence-electron chi connectivity index (χ0n) is 9.54. The maximum absolute atomic E-state index is 13.6. The highest BCUT2D eigenvalue weighted by atomic mass is 79.9. The summed E-state index contributed by atoms with van der Waals surface area (Å²) in [6.07, 6.45) is 5.98. The second-order valence-corrected chi connectivity index (χ2v) is 4.47. The number of rotatable bonds is 4. The highest BCUT2D eigenvalue weighted by molar-refractivity contribution is 9.10. The van der Waals surface area contributed by atoms with Gasteiger partial charge in [-0.25, -0.2) is 4.39 Å². The van der Waals surface area contributed by atoms with Crippen molar-refractivity contribution in [3.63, 3.8) is 0 Å². The van der Waals surface area contributed by atoms with E-state index in [1.54, 1.807) is 6.07 Å². The molecular formula is C13H13BrFNO. The lowest BCUT2D eigenvalue weighted by molar-refractivity contribution is 0.0772. The number of hydrogen-bond donors (Lipinski definition) is 0. The smallest absolute Gasteiger partial charge is 0.257 e. The maximum atomic E-state index is 13.6. The topological polar surface area (TPSA) is 20.3 Å². The van der Waals surface area contributed by atoms with Crippen LogP contribution in [0.5, 0.6) is 0 Å². The summed E-state index contributed by atoms with van der Waals surface area (Å²) in [6, 6.07) is 4.37. The van der Waals surface area contributed by atoms with Crippen LogP contribution >= 0.6 is 15.9 Å². The molecular weight excluding hydrogens is 285 g/mol. The van der Waals surface area contributed by atoms with Crippen molar-refractivity contribution in [3.8, 4) is 12.3 Å². The highest BCUT2D eigenvalue weighted by Gasteiger charge is 2.17. The molecule has 1 aromatic carbocycles. The first-order valence-corrected chi connectivity index (χ1v) is 6.07. The van der Waals surface area contributed by atoms with Crippen LogP contribution in [0, 0.1) is 18.2 Å². The minimum Gasteiger partial charge on any atom is -0.327 e. The first-order chi connectivity index (χ1) is 8.10. The van der Waals surface area contributed by atoms with Gasteiger partial charge in [0.15, 0.2) is 0 Å². The van der Waals surface area contributed by atoms with Crippen LogP contribution in [0.15, 0.2) is 22.7 Å². The normalized spacial score (nSPS) is 9.76. The zero-order chi connectivity index (χ0) is 12.8. The molecule has 2 nitrogen and oxygen atoms in total. The van der Waals surface area contributed by atoms with E-state index in [0.29, 0.717) is 11.0 Å². The number of hydrogen-bond acceptors (Lipinski definition) is 1. The number of benzene rings is 1. The number of amides is 1. The lowest BCUT2D eigenvalue weighted by Gasteiger charge is -2.19. The van der Waals surface area contributed by atoms with Gasteiger partial charge in [-0.05, 0) is 24.6 Å². The van der Waals surface area contributed by atoms with Crippen LogP contribution in [0.2, 0.25) is 0 Å². The van der Waals surface area contributed by atoms with Gasteiger partial charge in [0.25, 0.3) is 5.91 Å². The molecule has 1 rings (SSSR count). The van der Waals surface area contributed by atoms with Gasteiger partial charge in [0.2, 0.25) is 0 Å². The SMILES string of the molecule is C#CCN(CCC)C(=O)c1ccc(Br)cc1F. The predicted octanol–water partition coefficient (Wildman–Crippen LogP) is 3.07. The van der Waals surface area contributed by atoms with Gasteiger partial charge < -0.3 is 4.90 Å². The monoisotopic (exact) mass is 297 g/mol. The lowest BCUT2D eigenvalue weighted by atomic mass is 10.2. The molecule has 0 saturated heterocycles. The van der Waals surface area contributed by atoms with Gasteiger partial charge in [0, 0.05) is 11.0 Å². The fourth-order valence-corrected chi connectivity index (χ4v) is 1.80. The third-order valence-corrected chi connectivity index (χ3v) is 2.72. The first-order valence-electron chi connectivity index (χ1n) is 5.28. The number of carbonyl (C=O) groups excluding carboxylic acids is 1. The van der Waals surface area contributed by atoms with E-state index in [1.807, 2.05) is 6.92 Å². The van der Waals surface area contributed by atoms with Crippen LogP contribution in [0.3, 0.4) is 0 Å². The Morgan fingerprint density at radius 3 is 2.82 bits per heavy atom. The fourth-order valence-electron chi connectivity index (χ4n) is 1.47. The van der Waals surface area contributed by atoms with Gasteiger partial charge in [0.05, 0.1) is 12.1 Å². The van der Waals surface area contributed by atoms with Crippen LogP contribution in [0.4, 0.5) is 4.39 Å². The zero-order valence-corrected chi connectivity index (χ0v) is 11.1. The standard InChI is InChI=1S/C13H13BrFNO/c1-3-7-16(8-4-2)13(17)11-6-5-10(14)9-12(11)15/h1,5-6,9H,4,7-8H2,2H3. The van der Waals surface area contributed by atoms with Gasteiger partial charge in [0.1, 0.15) is 5.82 Å². The molecule has 0 aliphatic heterocycles. The summed E-state index contributed by atoms with van der Waals surface area (Å²) in [5.74, 6) is 1.50. The van der Waals surface area contributed by atoms with Crippen LogP contribution in [0.1, 0.15) is 23.7 Å². The number of carbonyl (C=O) groups is 1. The van der Waals surface area contributed by atoms with Crippen LogP contribution in [-0.2, 0) is 0 Å². The Hall–Kier alpha value is -1.34. The van der Waals surface area contributed by atoms with Crippen LogP contribution in [0.25, 0.3) is 0 Å². The third kappa shape index (κ3) is 3.57. The van der Waals surface area contributed by atoms with E-state index in [4.69, 9.17) is 6.42 Å². The van der Waals surface area contributed by atoms with Crippen molar-refractivity contribution >= 4 is 21.8 Å². The summed E-state index contributed by atoms with van der Waals surface area (Å²) in [4.78, 5) is 13.5. The molecule has 17 heavy (non-hydrogen) atoms. The van der Waals surface area contributed by atoms with E-state index in [2.05, 4.69) is 21.9 Å². The molecule has 4 heteroatoms. The molecule has 1 aromatic rings. The molecule has 0 heterocycles. The Kier molecular flexibility index (Phi) is 5.17. The number of halogens is 2. The maximum Gasteiger partial charge on any atom is 0.257 e. The molecule has 0 radical (unpaired) electrons.